The maximum Gasteiger partial charge on any atom is 0.210 e. The first-order chi connectivity index (χ1) is 8.49. The number of halogens is 1. The van der Waals surface area contributed by atoms with Crippen molar-refractivity contribution >= 4 is 19.0 Å². The van der Waals surface area contributed by atoms with Crippen molar-refractivity contribution in [3.05, 3.63) is 29.8 Å². The molecule has 18 heavy (non-hydrogen) atoms. The molecule has 0 heterocycles. The smallest absolute Gasteiger partial charge is 0.210 e. The summed E-state index contributed by atoms with van der Waals surface area (Å²) in [5.74, 6) is 0.193. The quantitative estimate of drug-likeness (QED) is 0.599. The Bertz CT molecular complexity index is 407. The molecule has 1 rings (SSSR count). The Kier molecular flexibility index (Phi) is 6.16. The Balaban J connectivity index is 2.78. The van der Waals surface area contributed by atoms with Crippen molar-refractivity contribution in [3.8, 4) is 5.75 Å². The van der Waals surface area contributed by atoms with Gasteiger partial charge in [0, 0.05) is 12.0 Å². The average Bonchev–Trinajstić information content (AvgIpc) is 2.32. The van der Waals surface area contributed by atoms with Crippen molar-refractivity contribution < 1.29 is 19.3 Å². The summed E-state index contributed by atoms with van der Waals surface area (Å²) in [6.45, 7) is 2.08. The van der Waals surface area contributed by atoms with Crippen LogP contribution in [0.4, 0.5) is 0 Å². The van der Waals surface area contributed by atoms with Gasteiger partial charge in [0.2, 0.25) is 7.37 Å². The minimum atomic E-state index is -2.95. The van der Waals surface area contributed by atoms with E-state index in [-0.39, 0.29) is 24.0 Å². The van der Waals surface area contributed by atoms with Crippen molar-refractivity contribution in [2.75, 3.05) is 18.6 Å². The third-order valence-electron chi connectivity index (χ3n) is 2.39. The predicted octanol–water partition coefficient (Wildman–Crippen LogP) is 2.81. The number of hydrogen-bond donors (Lipinski definition) is 2. The minimum absolute atomic E-state index is 0.0344. The number of aliphatic hydroxyl groups is 1. The molecule has 0 aliphatic heterocycles. The van der Waals surface area contributed by atoms with Gasteiger partial charge in [0.15, 0.2) is 0 Å². The van der Waals surface area contributed by atoms with Crippen LogP contribution in [0.3, 0.4) is 0 Å². The average molecular weight is 293 g/mol. The van der Waals surface area contributed by atoms with Crippen molar-refractivity contribution in [2.24, 2.45) is 0 Å². The fraction of sp³-hybridized carbons (Fsp3) is 0.500. The Morgan fingerprint density at radius 2 is 2.00 bits per heavy atom. The van der Waals surface area contributed by atoms with E-state index in [0.717, 1.165) is 5.56 Å². The molecule has 2 atom stereocenters. The highest BCUT2D eigenvalue weighted by atomic mass is 35.5. The van der Waals surface area contributed by atoms with Gasteiger partial charge in [0.1, 0.15) is 5.75 Å². The molecule has 0 amide bonds. The molecule has 0 fully saturated rings. The van der Waals surface area contributed by atoms with Crippen LogP contribution >= 0.6 is 19.0 Å². The van der Waals surface area contributed by atoms with Gasteiger partial charge >= 0.3 is 0 Å². The van der Waals surface area contributed by atoms with E-state index in [1.807, 2.05) is 0 Å². The number of aromatic hydroxyl groups is 1. The number of aliphatic hydroxyl groups excluding tert-OH is 1. The number of hydrogen-bond acceptors (Lipinski definition) is 4. The second-order valence-corrected chi connectivity index (χ2v) is 6.92. The first-order valence-electron chi connectivity index (χ1n) is 5.73. The maximum atomic E-state index is 12.5. The van der Waals surface area contributed by atoms with E-state index in [9.17, 15) is 14.8 Å². The summed E-state index contributed by atoms with van der Waals surface area (Å²) in [7, 11) is -2.95. The van der Waals surface area contributed by atoms with Gasteiger partial charge in [-0.05, 0) is 24.6 Å². The SMILES string of the molecule is CCOP(=O)(Cc1ccc(O)cc1)CC(O)CCl. The van der Waals surface area contributed by atoms with Crippen molar-refractivity contribution in [2.45, 2.75) is 19.2 Å². The van der Waals surface area contributed by atoms with Gasteiger partial charge in [-0.2, -0.15) is 0 Å². The molecule has 0 aliphatic carbocycles. The molecule has 6 heteroatoms. The van der Waals surface area contributed by atoms with Crippen LogP contribution in [0.5, 0.6) is 5.75 Å². The molecule has 102 valence electrons. The molecule has 0 aromatic heterocycles. The number of phenols is 1. The maximum absolute atomic E-state index is 12.5. The molecule has 0 saturated heterocycles. The molecular formula is C12H18ClO4P. The van der Waals surface area contributed by atoms with Gasteiger partial charge in [0.25, 0.3) is 0 Å². The highest BCUT2D eigenvalue weighted by molar-refractivity contribution is 7.58. The van der Waals surface area contributed by atoms with Crippen molar-refractivity contribution in [1.82, 2.24) is 0 Å². The van der Waals surface area contributed by atoms with Gasteiger partial charge in [0.05, 0.1) is 18.9 Å². The second kappa shape index (κ2) is 7.15. The Labute approximate surface area is 112 Å². The first-order valence-corrected chi connectivity index (χ1v) is 8.26. The normalized spacial score (nSPS) is 16.2. The van der Waals surface area contributed by atoms with E-state index in [0.29, 0.717) is 6.61 Å². The third kappa shape index (κ3) is 4.99. The standard InChI is InChI=1S/C12H18ClO4P/c1-2-17-18(16,9-12(15)7-13)8-10-3-5-11(14)6-4-10/h3-6,12,14-15H,2,7-9H2,1H3. The fourth-order valence-electron chi connectivity index (χ4n) is 1.65. The van der Waals surface area contributed by atoms with E-state index in [4.69, 9.17) is 16.1 Å². The zero-order valence-corrected chi connectivity index (χ0v) is 11.9. The van der Waals surface area contributed by atoms with Crippen LogP contribution in [-0.4, -0.2) is 35.0 Å². The molecule has 0 spiro atoms. The van der Waals surface area contributed by atoms with Gasteiger partial charge in [-0.25, -0.2) is 0 Å². The minimum Gasteiger partial charge on any atom is -0.508 e. The Hall–Kier alpha value is -0.540. The first kappa shape index (κ1) is 15.5. The molecule has 0 aliphatic rings. The summed E-state index contributed by atoms with van der Waals surface area (Å²) in [5, 5.41) is 18.7. The van der Waals surface area contributed by atoms with Crippen LogP contribution < -0.4 is 0 Å². The van der Waals surface area contributed by atoms with Crippen LogP contribution in [0.25, 0.3) is 0 Å². The van der Waals surface area contributed by atoms with Gasteiger partial charge in [-0.3, -0.25) is 4.57 Å². The molecule has 0 bridgehead atoms. The molecule has 4 nitrogen and oxygen atoms in total. The van der Waals surface area contributed by atoms with Crippen LogP contribution in [0, 0.1) is 0 Å². The molecule has 0 radical (unpaired) electrons. The van der Waals surface area contributed by atoms with Crippen LogP contribution in [0.2, 0.25) is 0 Å². The lowest BCUT2D eigenvalue weighted by Crippen LogP contribution is -2.16. The zero-order chi connectivity index (χ0) is 13.6. The number of benzene rings is 1. The second-order valence-electron chi connectivity index (χ2n) is 4.05. The highest BCUT2D eigenvalue weighted by Gasteiger charge is 2.26. The largest absolute Gasteiger partial charge is 0.508 e. The molecule has 2 unspecified atom stereocenters. The number of rotatable bonds is 7. The summed E-state index contributed by atoms with van der Waals surface area (Å²) in [4.78, 5) is 0. The molecule has 1 aromatic carbocycles. The van der Waals surface area contributed by atoms with E-state index < -0.39 is 13.5 Å². The summed E-state index contributed by atoms with van der Waals surface area (Å²) < 4.78 is 17.8. The summed E-state index contributed by atoms with van der Waals surface area (Å²) in [6, 6.07) is 6.44. The zero-order valence-electron chi connectivity index (χ0n) is 10.3. The fourth-order valence-corrected chi connectivity index (χ4v) is 4.24. The number of alkyl halides is 1. The lowest BCUT2D eigenvalue weighted by molar-refractivity contribution is 0.213. The highest BCUT2D eigenvalue weighted by Crippen LogP contribution is 2.50. The van der Waals surface area contributed by atoms with E-state index in [1.165, 1.54) is 12.1 Å². The van der Waals surface area contributed by atoms with E-state index in [1.54, 1.807) is 19.1 Å². The van der Waals surface area contributed by atoms with E-state index >= 15 is 0 Å². The van der Waals surface area contributed by atoms with Gasteiger partial charge in [-0.15, -0.1) is 11.6 Å². The Morgan fingerprint density at radius 3 is 2.50 bits per heavy atom. The monoisotopic (exact) mass is 292 g/mol. The molecule has 1 aromatic rings. The molecule has 2 N–H and O–H groups in total. The molecule has 0 saturated carbocycles. The lowest BCUT2D eigenvalue weighted by atomic mass is 10.2. The Morgan fingerprint density at radius 1 is 1.39 bits per heavy atom. The van der Waals surface area contributed by atoms with Crippen molar-refractivity contribution in [3.63, 3.8) is 0 Å². The topological polar surface area (TPSA) is 66.8 Å². The van der Waals surface area contributed by atoms with Gasteiger partial charge < -0.3 is 14.7 Å². The summed E-state index contributed by atoms with van der Waals surface area (Å²) >= 11 is 5.52. The predicted molar refractivity (Wildman–Crippen MR) is 72.6 cm³/mol. The van der Waals surface area contributed by atoms with Crippen molar-refractivity contribution in [1.29, 1.82) is 0 Å². The molecular weight excluding hydrogens is 275 g/mol. The third-order valence-corrected chi connectivity index (χ3v) is 5.30. The van der Waals surface area contributed by atoms with Gasteiger partial charge in [-0.1, -0.05) is 12.1 Å². The lowest BCUT2D eigenvalue weighted by Gasteiger charge is -2.20. The summed E-state index contributed by atoms with van der Waals surface area (Å²) in [6.07, 6.45) is -0.554. The number of phenolic OH excluding ortho intramolecular Hbond substituents is 1. The summed E-state index contributed by atoms with van der Waals surface area (Å²) in [5.41, 5.74) is 0.798. The van der Waals surface area contributed by atoms with Crippen LogP contribution in [0.15, 0.2) is 24.3 Å². The van der Waals surface area contributed by atoms with Crippen LogP contribution in [0.1, 0.15) is 12.5 Å². The van der Waals surface area contributed by atoms with Crippen LogP contribution in [-0.2, 0) is 15.3 Å². The van der Waals surface area contributed by atoms with E-state index in [2.05, 4.69) is 0 Å².